The summed E-state index contributed by atoms with van der Waals surface area (Å²) in [6.45, 7) is 5.65. The van der Waals surface area contributed by atoms with E-state index in [9.17, 15) is 14.7 Å². The number of fused-ring (bicyclic) bond motifs is 1. The zero-order valence-electron chi connectivity index (χ0n) is 17.4. The number of amides is 1. The van der Waals surface area contributed by atoms with Crippen molar-refractivity contribution in [3.63, 3.8) is 0 Å². The Balaban J connectivity index is 1.58. The highest BCUT2D eigenvalue weighted by Gasteiger charge is 2.19. The molecular weight excluding hydrogens is 452 g/mol. The van der Waals surface area contributed by atoms with Crippen molar-refractivity contribution in [2.24, 2.45) is 0 Å². The molecule has 1 aliphatic rings. The van der Waals surface area contributed by atoms with Gasteiger partial charge in [0.15, 0.2) is 5.82 Å². The molecule has 32 heavy (non-hydrogen) atoms. The Kier molecular flexibility index (Phi) is 6.26. The number of aromatic carboxylic acids is 1. The molecule has 4 rings (SSSR count). The number of carbonyl (C=O) groups excluding carboxylic acids is 1. The normalized spacial score (nSPS) is 13.8. The van der Waals surface area contributed by atoms with Crippen molar-refractivity contribution in [3.8, 4) is 0 Å². The highest BCUT2D eigenvalue weighted by Crippen LogP contribution is 2.33. The van der Waals surface area contributed by atoms with Crippen molar-refractivity contribution in [3.05, 3.63) is 50.8 Å². The van der Waals surface area contributed by atoms with Gasteiger partial charge in [-0.25, -0.2) is 9.78 Å². The van der Waals surface area contributed by atoms with Gasteiger partial charge < -0.3 is 21.1 Å². The quantitative estimate of drug-likeness (QED) is 0.415. The molecule has 2 aromatic heterocycles. The largest absolute Gasteiger partial charge is 0.477 e. The van der Waals surface area contributed by atoms with E-state index in [-0.39, 0.29) is 27.6 Å². The van der Waals surface area contributed by atoms with Gasteiger partial charge in [0.1, 0.15) is 9.90 Å². The Morgan fingerprint density at radius 2 is 2.16 bits per heavy atom. The van der Waals surface area contributed by atoms with Crippen molar-refractivity contribution >= 4 is 63.6 Å². The number of rotatable bonds is 6. The molecule has 0 atom stereocenters. The van der Waals surface area contributed by atoms with Gasteiger partial charge in [0, 0.05) is 17.9 Å². The van der Waals surface area contributed by atoms with Gasteiger partial charge in [-0.05, 0) is 42.1 Å². The third-order valence-electron chi connectivity index (χ3n) is 5.01. The average Bonchev–Trinajstić information content (AvgIpc) is 3.02. The first-order valence-corrected chi connectivity index (χ1v) is 11.1. The van der Waals surface area contributed by atoms with Gasteiger partial charge >= 0.3 is 5.97 Å². The summed E-state index contributed by atoms with van der Waals surface area (Å²) in [5.74, 6) is -0.522. The summed E-state index contributed by atoms with van der Waals surface area (Å²) in [6, 6.07) is 5.68. The monoisotopic (exact) mass is 472 g/mol. The van der Waals surface area contributed by atoms with Gasteiger partial charge in [0.05, 0.1) is 18.4 Å². The summed E-state index contributed by atoms with van der Waals surface area (Å²) >= 11 is 7.38. The van der Waals surface area contributed by atoms with E-state index in [1.165, 1.54) is 6.20 Å². The summed E-state index contributed by atoms with van der Waals surface area (Å²) in [5, 5.41) is 20.5. The summed E-state index contributed by atoms with van der Waals surface area (Å²) in [6.07, 6.45) is 1.44. The summed E-state index contributed by atoms with van der Waals surface area (Å²) in [4.78, 5) is 34.5. The number of hydrogen-bond donors (Lipinski definition) is 4. The molecule has 0 radical (unpaired) electrons. The number of nitrogens with one attached hydrogen (secondary N) is 3. The van der Waals surface area contributed by atoms with Gasteiger partial charge in [-0.15, -0.1) is 11.3 Å². The number of anilines is 5. The number of benzene rings is 1. The lowest BCUT2D eigenvalue weighted by Gasteiger charge is -2.16. The van der Waals surface area contributed by atoms with Crippen LogP contribution in [0.4, 0.5) is 28.8 Å². The van der Waals surface area contributed by atoms with Crippen LogP contribution in [0.15, 0.2) is 29.8 Å². The molecule has 0 aliphatic carbocycles. The molecule has 1 aromatic carbocycles. The second-order valence-electron chi connectivity index (χ2n) is 7.29. The molecule has 0 saturated carbocycles. The SMILES string of the molecule is CCN1CC(=O)Nc2cc(Nc3ncc(Cl)c(Nc4c(C)csc4C(=O)O)n3)ccc2C1. The molecule has 11 heteroatoms. The van der Waals surface area contributed by atoms with E-state index >= 15 is 0 Å². The number of hydrogen-bond acceptors (Lipinski definition) is 8. The Morgan fingerprint density at radius 1 is 1.34 bits per heavy atom. The number of aromatic nitrogens is 2. The van der Waals surface area contributed by atoms with Crippen molar-refractivity contribution in [2.75, 3.05) is 29.0 Å². The van der Waals surface area contributed by atoms with Crippen LogP contribution in [0, 0.1) is 6.92 Å². The topological polar surface area (TPSA) is 119 Å². The van der Waals surface area contributed by atoms with Gasteiger partial charge in [0.2, 0.25) is 11.9 Å². The van der Waals surface area contributed by atoms with Crippen molar-refractivity contribution in [2.45, 2.75) is 20.4 Å². The highest BCUT2D eigenvalue weighted by molar-refractivity contribution is 7.12. The van der Waals surface area contributed by atoms with Crippen LogP contribution in [0.3, 0.4) is 0 Å². The molecular formula is C21H21ClN6O3S. The van der Waals surface area contributed by atoms with Crippen LogP contribution in [-0.4, -0.2) is 44.9 Å². The third kappa shape index (κ3) is 4.67. The van der Waals surface area contributed by atoms with E-state index in [0.717, 1.165) is 34.7 Å². The lowest BCUT2D eigenvalue weighted by Crippen LogP contribution is -2.29. The maximum absolute atomic E-state index is 12.2. The van der Waals surface area contributed by atoms with Crippen LogP contribution < -0.4 is 16.0 Å². The maximum Gasteiger partial charge on any atom is 0.348 e. The van der Waals surface area contributed by atoms with Crippen molar-refractivity contribution < 1.29 is 14.7 Å². The van der Waals surface area contributed by atoms with Gasteiger partial charge in [-0.3, -0.25) is 9.69 Å². The zero-order valence-corrected chi connectivity index (χ0v) is 19.0. The van der Waals surface area contributed by atoms with Gasteiger partial charge in [-0.2, -0.15) is 4.98 Å². The Morgan fingerprint density at radius 3 is 2.91 bits per heavy atom. The lowest BCUT2D eigenvalue weighted by molar-refractivity contribution is -0.117. The van der Waals surface area contributed by atoms with Crippen LogP contribution in [0.2, 0.25) is 5.02 Å². The zero-order chi connectivity index (χ0) is 22.8. The molecule has 0 bridgehead atoms. The van der Waals surface area contributed by atoms with E-state index < -0.39 is 5.97 Å². The molecule has 0 saturated heterocycles. The van der Waals surface area contributed by atoms with E-state index in [2.05, 4.69) is 30.8 Å². The Labute approximate surface area is 193 Å². The van der Waals surface area contributed by atoms with Crippen LogP contribution >= 0.6 is 22.9 Å². The first kappa shape index (κ1) is 22.0. The molecule has 1 amide bonds. The summed E-state index contributed by atoms with van der Waals surface area (Å²) in [7, 11) is 0. The number of nitrogens with zero attached hydrogens (tertiary/aromatic N) is 3. The molecule has 3 heterocycles. The van der Waals surface area contributed by atoms with E-state index in [0.29, 0.717) is 24.5 Å². The van der Waals surface area contributed by atoms with E-state index in [1.807, 2.05) is 32.0 Å². The highest BCUT2D eigenvalue weighted by atomic mass is 35.5. The Hall–Kier alpha value is -3.21. The lowest BCUT2D eigenvalue weighted by atomic mass is 10.1. The number of carboxylic acid groups (broad SMARTS) is 1. The Bertz CT molecular complexity index is 1200. The average molecular weight is 473 g/mol. The number of aryl methyl sites for hydroxylation is 1. The predicted molar refractivity (Wildman–Crippen MR) is 126 cm³/mol. The minimum absolute atomic E-state index is 0.0580. The van der Waals surface area contributed by atoms with Crippen LogP contribution in [0.25, 0.3) is 0 Å². The molecule has 0 spiro atoms. The van der Waals surface area contributed by atoms with Crippen LogP contribution in [0.5, 0.6) is 0 Å². The molecule has 1 aliphatic heterocycles. The molecule has 0 unspecified atom stereocenters. The predicted octanol–water partition coefficient (Wildman–Crippen LogP) is 4.46. The van der Waals surface area contributed by atoms with Gasteiger partial charge in [-0.1, -0.05) is 24.6 Å². The van der Waals surface area contributed by atoms with Crippen molar-refractivity contribution in [1.29, 1.82) is 0 Å². The first-order valence-electron chi connectivity index (χ1n) is 9.87. The molecule has 0 fully saturated rings. The fourth-order valence-electron chi connectivity index (χ4n) is 3.34. The summed E-state index contributed by atoms with van der Waals surface area (Å²) in [5.41, 5.74) is 3.68. The summed E-state index contributed by atoms with van der Waals surface area (Å²) < 4.78 is 0. The van der Waals surface area contributed by atoms with Gasteiger partial charge in [0.25, 0.3) is 0 Å². The standard InChI is InChI=1S/C21H21ClN6O3S/c1-3-28-8-12-4-5-13(6-15(12)25-16(29)9-28)24-21-23-7-14(22)19(27-21)26-17-11(2)10-32-18(17)20(30)31/h4-7,10H,3,8-9H2,1-2H3,(H,25,29)(H,30,31)(H2,23,24,26,27). The van der Waals surface area contributed by atoms with E-state index in [1.54, 1.807) is 5.38 Å². The van der Waals surface area contributed by atoms with Crippen LogP contribution in [0.1, 0.15) is 27.7 Å². The number of halogens is 1. The second kappa shape index (κ2) is 9.11. The second-order valence-corrected chi connectivity index (χ2v) is 8.58. The fourth-order valence-corrected chi connectivity index (χ4v) is 4.32. The number of likely N-dealkylation sites (N-methyl/N-ethyl adjacent to an activating group) is 1. The maximum atomic E-state index is 12.2. The van der Waals surface area contributed by atoms with E-state index in [4.69, 9.17) is 11.6 Å². The van der Waals surface area contributed by atoms with Crippen LogP contribution in [-0.2, 0) is 11.3 Å². The first-order chi connectivity index (χ1) is 15.3. The number of carbonyl (C=O) groups is 2. The molecule has 4 N–H and O–H groups in total. The third-order valence-corrected chi connectivity index (χ3v) is 6.37. The minimum atomic E-state index is -1.03. The minimum Gasteiger partial charge on any atom is -0.477 e. The molecule has 3 aromatic rings. The molecule has 9 nitrogen and oxygen atoms in total. The number of thiophene rings is 1. The van der Waals surface area contributed by atoms with Crippen molar-refractivity contribution in [1.82, 2.24) is 14.9 Å². The smallest absolute Gasteiger partial charge is 0.348 e. The molecule has 166 valence electrons. The number of carboxylic acids is 1. The fraction of sp³-hybridized carbons (Fsp3) is 0.238.